The summed E-state index contributed by atoms with van der Waals surface area (Å²) >= 11 is 0. The van der Waals surface area contributed by atoms with Gasteiger partial charge in [-0.05, 0) is 61.7 Å². The van der Waals surface area contributed by atoms with Crippen LogP contribution in [0.3, 0.4) is 0 Å². The summed E-state index contributed by atoms with van der Waals surface area (Å²) in [7, 11) is 0. The third-order valence-corrected chi connectivity index (χ3v) is 4.39. The van der Waals surface area contributed by atoms with E-state index in [2.05, 4.69) is 10.6 Å². The van der Waals surface area contributed by atoms with Crippen molar-refractivity contribution in [3.05, 3.63) is 65.5 Å². The molecule has 26 heavy (non-hydrogen) atoms. The van der Waals surface area contributed by atoms with E-state index < -0.39 is 0 Å². The molecule has 1 amide bonds. The molecule has 0 radical (unpaired) electrons. The lowest BCUT2D eigenvalue weighted by atomic mass is 10.1. The monoisotopic (exact) mass is 378 g/mol. The second-order valence-corrected chi connectivity index (χ2v) is 6.35. The fourth-order valence-corrected chi connectivity index (χ4v) is 2.98. The molecule has 0 spiro atoms. The van der Waals surface area contributed by atoms with Crippen LogP contribution in [0.4, 0.5) is 4.39 Å². The summed E-state index contributed by atoms with van der Waals surface area (Å²) in [5, 5.41) is 6.31. The topological polar surface area (TPSA) is 50.4 Å². The zero-order chi connectivity index (χ0) is 17.5. The van der Waals surface area contributed by atoms with Crippen LogP contribution in [0.25, 0.3) is 0 Å². The molecule has 2 aromatic carbocycles. The maximum Gasteiger partial charge on any atom is 0.251 e. The quantitative estimate of drug-likeness (QED) is 0.774. The number of hydrogen-bond acceptors (Lipinski definition) is 3. The molecule has 0 aromatic heterocycles. The summed E-state index contributed by atoms with van der Waals surface area (Å²) < 4.78 is 18.7. The summed E-state index contributed by atoms with van der Waals surface area (Å²) in [5.41, 5.74) is 1.49. The fraction of sp³-hybridized carbons (Fsp3) is 0.350. The Morgan fingerprint density at radius 3 is 2.85 bits per heavy atom. The lowest BCUT2D eigenvalue weighted by Crippen LogP contribution is -2.26. The van der Waals surface area contributed by atoms with Crippen molar-refractivity contribution in [3.63, 3.8) is 0 Å². The van der Waals surface area contributed by atoms with E-state index in [1.165, 1.54) is 18.6 Å². The normalized spacial score (nSPS) is 16.0. The van der Waals surface area contributed by atoms with Crippen LogP contribution in [0, 0.1) is 11.7 Å². The molecule has 140 valence electrons. The zero-order valence-corrected chi connectivity index (χ0v) is 15.4. The molecule has 1 atom stereocenters. The van der Waals surface area contributed by atoms with Crippen molar-refractivity contribution in [2.24, 2.45) is 5.92 Å². The van der Waals surface area contributed by atoms with Gasteiger partial charge in [0.2, 0.25) is 0 Å². The van der Waals surface area contributed by atoms with Gasteiger partial charge in [0.1, 0.15) is 18.2 Å². The molecule has 0 aliphatic carbocycles. The fourth-order valence-electron chi connectivity index (χ4n) is 2.98. The van der Waals surface area contributed by atoms with Crippen molar-refractivity contribution < 1.29 is 13.9 Å². The van der Waals surface area contributed by atoms with Crippen molar-refractivity contribution in [1.29, 1.82) is 0 Å². The maximum atomic E-state index is 13.2. The van der Waals surface area contributed by atoms with Gasteiger partial charge in [-0.25, -0.2) is 4.39 Å². The second kappa shape index (κ2) is 10.1. The molecule has 1 fully saturated rings. The average molecular weight is 379 g/mol. The Morgan fingerprint density at radius 1 is 1.23 bits per heavy atom. The molecule has 0 bridgehead atoms. The van der Waals surface area contributed by atoms with Crippen LogP contribution in [-0.4, -0.2) is 25.5 Å². The van der Waals surface area contributed by atoms with E-state index in [-0.39, 0.29) is 30.7 Å². The molecule has 6 heteroatoms. The first kappa shape index (κ1) is 20.2. The lowest BCUT2D eigenvalue weighted by molar-refractivity contribution is 0.0951. The summed E-state index contributed by atoms with van der Waals surface area (Å²) in [4.78, 5) is 12.3. The van der Waals surface area contributed by atoms with Gasteiger partial charge in [-0.2, -0.15) is 0 Å². The number of nitrogens with one attached hydrogen (secondary N) is 2. The highest BCUT2D eigenvalue weighted by Crippen LogP contribution is 2.15. The van der Waals surface area contributed by atoms with Crippen LogP contribution in [0.2, 0.25) is 0 Å². The van der Waals surface area contributed by atoms with E-state index in [9.17, 15) is 9.18 Å². The number of carbonyl (C=O) groups excluding carboxylic acids is 1. The van der Waals surface area contributed by atoms with Crippen LogP contribution < -0.4 is 15.4 Å². The molecular weight excluding hydrogens is 355 g/mol. The van der Waals surface area contributed by atoms with E-state index in [0.29, 0.717) is 23.8 Å². The Morgan fingerprint density at radius 2 is 2.08 bits per heavy atom. The first-order valence-corrected chi connectivity index (χ1v) is 8.67. The van der Waals surface area contributed by atoms with Gasteiger partial charge >= 0.3 is 0 Å². The van der Waals surface area contributed by atoms with Gasteiger partial charge in [0.05, 0.1) is 0 Å². The van der Waals surface area contributed by atoms with Crippen molar-refractivity contribution in [3.8, 4) is 5.75 Å². The van der Waals surface area contributed by atoms with Crippen LogP contribution in [0.15, 0.2) is 48.5 Å². The Bertz CT molecular complexity index is 720. The lowest BCUT2D eigenvalue weighted by Gasteiger charge is -2.10. The summed E-state index contributed by atoms with van der Waals surface area (Å²) in [5.74, 6) is 0.730. The average Bonchev–Trinajstić information content (AvgIpc) is 3.14. The highest BCUT2D eigenvalue weighted by Gasteiger charge is 2.14. The van der Waals surface area contributed by atoms with Crippen LogP contribution in [0.5, 0.6) is 5.75 Å². The molecule has 1 unspecified atom stereocenters. The van der Waals surface area contributed by atoms with Gasteiger partial charge in [-0.3, -0.25) is 4.79 Å². The van der Waals surface area contributed by atoms with Crippen molar-refractivity contribution in [1.82, 2.24) is 10.6 Å². The van der Waals surface area contributed by atoms with E-state index in [4.69, 9.17) is 4.74 Å². The zero-order valence-electron chi connectivity index (χ0n) is 14.5. The number of halogens is 2. The number of ether oxygens (including phenoxy) is 1. The maximum absolute atomic E-state index is 13.2. The standard InChI is InChI=1S/C20H23FN2O2.ClH/c21-18-5-2-6-19(12-18)25-14-16-3-1-4-17(11-16)20(24)23-10-8-15-7-9-22-13-15;/h1-6,11-12,15,22H,7-10,13-14H2,(H,23,24);1H. The summed E-state index contributed by atoms with van der Waals surface area (Å²) in [6.45, 7) is 3.10. The molecule has 2 aromatic rings. The number of carbonyl (C=O) groups is 1. The minimum Gasteiger partial charge on any atom is -0.489 e. The Balaban J connectivity index is 0.00000243. The number of amides is 1. The Kier molecular flexibility index (Phi) is 7.88. The van der Waals surface area contributed by atoms with Crippen LogP contribution >= 0.6 is 12.4 Å². The Labute approximate surface area is 159 Å². The first-order chi connectivity index (χ1) is 12.2. The van der Waals surface area contributed by atoms with Crippen molar-refractivity contribution in [2.45, 2.75) is 19.4 Å². The Hall–Kier alpha value is -2.11. The van der Waals surface area contributed by atoms with E-state index in [1.54, 1.807) is 18.2 Å². The summed E-state index contributed by atoms with van der Waals surface area (Å²) in [6, 6.07) is 13.4. The molecule has 1 heterocycles. The minimum absolute atomic E-state index is 0. The highest BCUT2D eigenvalue weighted by molar-refractivity contribution is 5.94. The van der Waals surface area contributed by atoms with Gasteiger partial charge < -0.3 is 15.4 Å². The summed E-state index contributed by atoms with van der Waals surface area (Å²) in [6.07, 6.45) is 2.18. The van der Waals surface area contributed by atoms with Gasteiger partial charge in [-0.15, -0.1) is 12.4 Å². The largest absolute Gasteiger partial charge is 0.489 e. The van der Waals surface area contributed by atoms with E-state index >= 15 is 0 Å². The highest BCUT2D eigenvalue weighted by atomic mass is 35.5. The smallest absolute Gasteiger partial charge is 0.251 e. The van der Waals surface area contributed by atoms with Crippen LogP contribution in [-0.2, 0) is 6.61 Å². The van der Waals surface area contributed by atoms with Crippen molar-refractivity contribution >= 4 is 18.3 Å². The number of hydrogen-bond donors (Lipinski definition) is 2. The minimum atomic E-state index is -0.330. The van der Waals surface area contributed by atoms with E-state index in [1.807, 2.05) is 18.2 Å². The molecule has 4 nitrogen and oxygen atoms in total. The molecule has 0 saturated carbocycles. The van der Waals surface area contributed by atoms with Gasteiger partial charge in [0, 0.05) is 18.2 Å². The SMILES string of the molecule is Cl.O=C(NCCC1CCNC1)c1cccc(COc2cccc(F)c2)c1. The van der Waals surface area contributed by atoms with Gasteiger partial charge in [-0.1, -0.05) is 18.2 Å². The van der Waals surface area contributed by atoms with Crippen molar-refractivity contribution in [2.75, 3.05) is 19.6 Å². The second-order valence-electron chi connectivity index (χ2n) is 6.35. The molecule has 1 aliphatic heterocycles. The third-order valence-electron chi connectivity index (χ3n) is 4.39. The number of benzene rings is 2. The predicted molar refractivity (Wildman–Crippen MR) is 102 cm³/mol. The molecule has 3 rings (SSSR count). The van der Waals surface area contributed by atoms with Gasteiger partial charge in [0.25, 0.3) is 5.91 Å². The molecule has 2 N–H and O–H groups in total. The first-order valence-electron chi connectivity index (χ1n) is 8.67. The molecule has 1 aliphatic rings. The third kappa shape index (κ3) is 6.00. The van der Waals surface area contributed by atoms with Crippen LogP contribution in [0.1, 0.15) is 28.8 Å². The number of rotatable bonds is 7. The van der Waals surface area contributed by atoms with E-state index in [0.717, 1.165) is 25.1 Å². The molecule has 1 saturated heterocycles. The van der Waals surface area contributed by atoms with Gasteiger partial charge in [0.15, 0.2) is 0 Å². The predicted octanol–water partition coefficient (Wildman–Crippen LogP) is 3.56. The molecular formula is C20H24ClFN2O2.